The Labute approximate surface area is 178 Å². The monoisotopic (exact) mass is 418 g/mol. The molecule has 5 rings (SSSR count). The molecule has 0 saturated carbocycles. The zero-order valence-electron chi connectivity index (χ0n) is 17.0. The predicted molar refractivity (Wildman–Crippen MR) is 112 cm³/mol. The van der Waals surface area contributed by atoms with E-state index in [0.29, 0.717) is 18.7 Å². The van der Waals surface area contributed by atoms with Crippen molar-refractivity contribution in [1.29, 1.82) is 0 Å². The minimum atomic E-state index is -0.470. The van der Waals surface area contributed by atoms with Gasteiger partial charge < -0.3 is 14.5 Å². The molecule has 1 N–H and O–H groups in total. The molecule has 31 heavy (non-hydrogen) atoms. The number of para-hydroxylation sites is 1. The Hall–Kier alpha value is -3.68. The van der Waals surface area contributed by atoms with Crippen molar-refractivity contribution in [3.63, 3.8) is 0 Å². The standard InChI is InChI=1S/C23H22N4O4/c1-31-23(30)17-11-15-12-26(22(29)20-16-9-5-6-10-18(16)24-25-20)13-19(28)27(15)21(17)14-7-3-2-4-8-14/h2-10,15,17,21H,11-13H2,1H3,(H,24,25)/t15-,17-,21-/m0/s1. The summed E-state index contributed by atoms with van der Waals surface area (Å²) >= 11 is 0. The molecule has 3 aromatic rings. The largest absolute Gasteiger partial charge is 0.469 e. The van der Waals surface area contributed by atoms with E-state index >= 15 is 0 Å². The summed E-state index contributed by atoms with van der Waals surface area (Å²) in [7, 11) is 1.36. The zero-order chi connectivity index (χ0) is 21.5. The second kappa shape index (κ2) is 7.54. The first-order valence-electron chi connectivity index (χ1n) is 10.2. The van der Waals surface area contributed by atoms with Crippen LogP contribution in [0.3, 0.4) is 0 Å². The minimum Gasteiger partial charge on any atom is -0.469 e. The molecule has 8 heteroatoms. The molecule has 158 valence electrons. The van der Waals surface area contributed by atoms with Gasteiger partial charge in [-0.05, 0) is 18.1 Å². The molecule has 0 spiro atoms. The van der Waals surface area contributed by atoms with Crippen molar-refractivity contribution < 1.29 is 19.1 Å². The number of benzene rings is 2. The number of carbonyl (C=O) groups excluding carboxylic acids is 3. The Morgan fingerprint density at radius 3 is 2.61 bits per heavy atom. The molecule has 2 fully saturated rings. The number of carbonyl (C=O) groups is 3. The third-order valence-electron chi connectivity index (χ3n) is 6.25. The van der Waals surface area contributed by atoms with Gasteiger partial charge in [-0.3, -0.25) is 19.5 Å². The van der Waals surface area contributed by atoms with Crippen molar-refractivity contribution in [2.75, 3.05) is 20.2 Å². The molecular formula is C23H22N4O4. The molecule has 3 heterocycles. The number of rotatable bonds is 3. The fraction of sp³-hybridized carbons (Fsp3) is 0.304. The van der Waals surface area contributed by atoms with Gasteiger partial charge in [-0.25, -0.2) is 0 Å². The molecule has 2 amide bonds. The fourth-order valence-electron chi connectivity index (χ4n) is 4.89. The van der Waals surface area contributed by atoms with Crippen LogP contribution in [0.4, 0.5) is 0 Å². The third kappa shape index (κ3) is 3.15. The number of esters is 1. The van der Waals surface area contributed by atoms with E-state index in [1.54, 1.807) is 4.90 Å². The van der Waals surface area contributed by atoms with Gasteiger partial charge in [-0.1, -0.05) is 48.5 Å². The van der Waals surface area contributed by atoms with Crippen molar-refractivity contribution in [3.8, 4) is 0 Å². The normalized spacial score (nSPS) is 23.1. The highest BCUT2D eigenvalue weighted by atomic mass is 16.5. The molecule has 3 atom stereocenters. The summed E-state index contributed by atoms with van der Waals surface area (Å²) in [4.78, 5) is 42.3. The van der Waals surface area contributed by atoms with E-state index in [2.05, 4.69) is 10.2 Å². The lowest BCUT2D eigenvalue weighted by molar-refractivity contribution is -0.147. The topological polar surface area (TPSA) is 95.6 Å². The molecule has 2 aliphatic heterocycles. The maximum absolute atomic E-state index is 13.2. The molecule has 8 nitrogen and oxygen atoms in total. The van der Waals surface area contributed by atoms with Crippen LogP contribution in [0.15, 0.2) is 54.6 Å². The number of amides is 2. The van der Waals surface area contributed by atoms with Crippen LogP contribution in [-0.2, 0) is 14.3 Å². The van der Waals surface area contributed by atoms with Crippen molar-refractivity contribution in [2.45, 2.75) is 18.5 Å². The van der Waals surface area contributed by atoms with E-state index in [9.17, 15) is 14.4 Å². The van der Waals surface area contributed by atoms with Gasteiger partial charge in [-0.2, -0.15) is 5.10 Å². The maximum atomic E-state index is 13.2. The summed E-state index contributed by atoms with van der Waals surface area (Å²) in [6, 6.07) is 16.3. The highest BCUT2D eigenvalue weighted by Crippen LogP contribution is 2.43. The van der Waals surface area contributed by atoms with Crippen LogP contribution in [0.1, 0.15) is 28.5 Å². The number of fused-ring (bicyclic) bond motifs is 2. The van der Waals surface area contributed by atoms with Crippen molar-refractivity contribution in [3.05, 3.63) is 65.9 Å². The lowest BCUT2D eigenvalue weighted by Crippen LogP contribution is -2.56. The van der Waals surface area contributed by atoms with Crippen molar-refractivity contribution in [2.24, 2.45) is 5.92 Å². The Balaban J connectivity index is 1.45. The number of aromatic nitrogens is 2. The second-order valence-electron chi connectivity index (χ2n) is 7.98. The number of piperazine rings is 1. The molecular weight excluding hydrogens is 396 g/mol. The summed E-state index contributed by atoms with van der Waals surface area (Å²) in [5, 5.41) is 7.78. The summed E-state index contributed by atoms with van der Waals surface area (Å²) < 4.78 is 5.04. The van der Waals surface area contributed by atoms with E-state index < -0.39 is 12.0 Å². The van der Waals surface area contributed by atoms with E-state index in [0.717, 1.165) is 16.5 Å². The molecule has 0 bridgehead atoms. The predicted octanol–water partition coefficient (Wildman–Crippen LogP) is 2.15. The Kier molecular flexibility index (Phi) is 4.69. The number of H-pyrrole nitrogens is 1. The number of nitrogens with zero attached hydrogens (tertiary/aromatic N) is 3. The zero-order valence-corrected chi connectivity index (χ0v) is 17.0. The van der Waals surface area contributed by atoms with Gasteiger partial charge in [0.1, 0.15) is 6.54 Å². The molecule has 2 aromatic carbocycles. The Morgan fingerprint density at radius 2 is 1.84 bits per heavy atom. The Bertz CT molecular complexity index is 1160. The van der Waals surface area contributed by atoms with Gasteiger partial charge in [0.25, 0.3) is 5.91 Å². The lowest BCUT2D eigenvalue weighted by atomic mass is 9.93. The molecule has 2 saturated heterocycles. The smallest absolute Gasteiger partial charge is 0.311 e. The number of ether oxygens (including phenoxy) is 1. The van der Waals surface area contributed by atoms with Crippen LogP contribution < -0.4 is 0 Å². The Morgan fingerprint density at radius 1 is 1.10 bits per heavy atom. The van der Waals surface area contributed by atoms with Crippen LogP contribution in [-0.4, -0.2) is 64.0 Å². The van der Waals surface area contributed by atoms with Crippen molar-refractivity contribution >= 4 is 28.7 Å². The van der Waals surface area contributed by atoms with E-state index in [1.165, 1.54) is 12.0 Å². The van der Waals surface area contributed by atoms with Crippen LogP contribution in [0.2, 0.25) is 0 Å². The summed E-state index contributed by atoms with van der Waals surface area (Å²) in [5.74, 6) is -1.28. The number of hydrogen-bond donors (Lipinski definition) is 1. The van der Waals surface area contributed by atoms with E-state index in [1.807, 2.05) is 54.6 Å². The quantitative estimate of drug-likeness (QED) is 0.658. The fourth-order valence-corrected chi connectivity index (χ4v) is 4.89. The van der Waals surface area contributed by atoms with Crippen LogP contribution in [0, 0.1) is 5.92 Å². The van der Waals surface area contributed by atoms with Gasteiger partial charge in [-0.15, -0.1) is 0 Å². The highest BCUT2D eigenvalue weighted by Gasteiger charge is 2.51. The molecule has 1 aromatic heterocycles. The number of methoxy groups -OCH3 is 1. The average Bonchev–Trinajstić information content (AvgIpc) is 3.41. The van der Waals surface area contributed by atoms with Gasteiger partial charge >= 0.3 is 5.97 Å². The highest BCUT2D eigenvalue weighted by molar-refractivity contribution is 6.05. The summed E-state index contributed by atoms with van der Waals surface area (Å²) in [6.45, 7) is 0.302. The third-order valence-corrected chi connectivity index (χ3v) is 6.25. The minimum absolute atomic E-state index is 0.0479. The SMILES string of the molecule is COC(=O)[C@H]1C[C@H]2CN(C(=O)c3n[nH]c4ccccc34)CC(=O)N2[C@H]1c1ccccc1. The first-order chi connectivity index (χ1) is 15.1. The molecule has 0 radical (unpaired) electrons. The van der Waals surface area contributed by atoms with Crippen molar-refractivity contribution in [1.82, 2.24) is 20.0 Å². The van der Waals surface area contributed by atoms with Gasteiger partial charge in [0.15, 0.2) is 5.69 Å². The summed E-state index contributed by atoms with van der Waals surface area (Å²) in [6.07, 6.45) is 0.447. The van der Waals surface area contributed by atoms with E-state index in [-0.39, 0.29) is 30.4 Å². The van der Waals surface area contributed by atoms with Gasteiger partial charge in [0, 0.05) is 11.9 Å². The first-order valence-corrected chi connectivity index (χ1v) is 10.2. The number of nitrogens with one attached hydrogen (secondary N) is 1. The molecule has 2 aliphatic rings. The van der Waals surface area contributed by atoms with Crippen LogP contribution in [0.5, 0.6) is 0 Å². The van der Waals surface area contributed by atoms with Crippen LogP contribution >= 0.6 is 0 Å². The maximum Gasteiger partial charge on any atom is 0.311 e. The number of hydrogen-bond acceptors (Lipinski definition) is 5. The molecule has 0 aliphatic carbocycles. The second-order valence-corrected chi connectivity index (χ2v) is 7.98. The lowest BCUT2D eigenvalue weighted by Gasteiger charge is -2.39. The summed E-state index contributed by atoms with van der Waals surface area (Å²) in [5.41, 5.74) is 1.97. The van der Waals surface area contributed by atoms with Gasteiger partial charge in [0.2, 0.25) is 5.91 Å². The average molecular weight is 418 g/mol. The first kappa shape index (κ1) is 19.3. The van der Waals surface area contributed by atoms with E-state index in [4.69, 9.17) is 4.74 Å². The van der Waals surface area contributed by atoms with Crippen LogP contribution in [0.25, 0.3) is 10.9 Å². The number of aromatic amines is 1. The van der Waals surface area contributed by atoms with Gasteiger partial charge in [0.05, 0.1) is 30.6 Å². The molecule has 0 unspecified atom stereocenters.